The molecule has 43 heavy (non-hydrogen) atoms. The molecule has 0 bridgehead atoms. The van der Waals surface area contributed by atoms with Gasteiger partial charge in [0.25, 0.3) is 5.69 Å². The number of ether oxygens (including phenoxy) is 2. The number of methoxy groups -OCH3 is 2. The third-order valence-electron chi connectivity index (χ3n) is 7.28. The second kappa shape index (κ2) is 12.4. The molecule has 0 aliphatic carbocycles. The molecule has 0 unspecified atom stereocenters. The number of aryl methyl sites for hydroxylation is 1. The van der Waals surface area contributed by atoms with Crippen molar-refractivity contribution >= 4 is 51.9 Å². The van der Waals surface area contributed by atoms with Gasteiger partial charge in [-0.05, 0) is 74.1 Å². The Morgan fingerprint density at radius 3 is 2.60 bits per heavy atom. The number of amides is 1. The van der Waals surface area contributed by atoms with Gasteiger partial charge in [-0.25, -0.2) is 0 Å². The second-order valence-corrected chi connectivity index (χ2v) is 10.7. The molecule has 2 atom stereocenters. The van der Waals surface area contributed by atoms with Crippen LogP contribution in [0.5, 0.6) is 5.75 Å². The van der Waals surface area contributed by atoms with Crippen molar-refractivity contribution in [3.05, 3.63) is 105 Å². The van der Waals surface area contributed by atoms with E-state index in [1.54, 1.807) is 24.4 Å². The fourth-order valence-electron chi connectivity index (χ4n) is 5.45. The van der Waals surface area contributed by atoms with E-state index in [1.807, 2.05) is 53.6 Å². The molecule has 3 heterocycles. The Kier molecular flexibility index (Phi) is 8.62. The number of anilines is 2. The third kappa shape index (κ3) is 5.76. The predicted octanol–water partition coefficient (Wildman–Crippen LogP) is 5.82. The van der Waals surface area contributed by atoms with Crippen molar-refractivity contribution in [3.8, 4) is 11.4 Å². The maximum Gasteiger partial charge on any atom is 0.271 e. The van der Waals surface area contributed by atoms with Crippen molar-refractivity contribution in [1.82, 2.24) is 14.9 Å². The molecule has 0 spiro atoms. The highest BCUT2D eigenvalue weighted by molar-refractivity contribution is 7.80. The number of nitro groups is 1. The van der Waals surface area contributed by atoms with Crippen molar-refractivity contribution in [2.24, 2.45) is 0 Å². The van der Waals surface area contributed by atoms with Crippen molar-refractivity contribution < 1.29 is 19.2 Å². The van der Waals surface area contributed by atoms with Crippen LogP contribution in [0.3, 0.4) is 0 Å². The zero-order valence-corrected chi connectivity index (χ0v) is 25.4. The van der Waals surface area contributed by atoms with Gasteiger partial charge in [-0.15, -0.1) is 0 Å². The Bertz CT molecular complexity index is 1710. The van der Waals surface area contributed by atoms with Crippen LogP contribution in [0.1, 0.15) is 34.7 Å². The van der Waals surface area contributed by atoms with E-state index in [0.717, 1.165) is 22.6 Å². The zero-order chi connectivity index (χ0) is 30.8. The molecule has 222 valence electrons. The molecule has 13 heteroatoms. The zero-order valence-electron chi connectivity index (χ0n) is 23.8. The molecular formula is C30H29ClN6O5S. The minimum atomic E-state index is -0.429. The van der Waals surface area contributed by atoms with Crippen LogP contribution in [0.4, 0.5) is 17.1 Å². The van der Waals surface area contributed by atoms with Crippen LogP contribution in [-0.4, -0.2) is 46.3 Å². The summed E-state index contributed by atoms with van der Waals surface area (Å²) < 4.78 is 12.4. The van der Waals surface area contributed by atoms with E-state index >= 15 is 0 Å². The van der Waals surface area contributed by atoms with Crippen LogP contribution < -0.4 is 20.3 Å². The molecule has 2 N–H and O–H groups in total. The lowest BCUT2D eigenvalue weighted by molar-refractivity contribution is -0.384. The van der Waals surface area contributed by atoms with Gasteiger partial charge < -0.3 is 29.6 Å². The molecule has 5 rings (SSSR count). The Morgan fingerprint density at radius 2 is 1.95 bits per heavy atom. The summed E-state index contributed by atoms with van der Waals surface area (Å²) in [7, 11) is 2.97. The maximum absolute atomic E-state index is 12.1. The van der Waals surface area contributed by atoms with E-state index < -0.39 is 4.92 Å². The van der Waals surface area contributed by atoms with Gasteiger partial charge in [0.1, 0.15) is 12.4 Å². The maximum atomic E-state index is 12.1. The molecule has 0 radical (unpaired) electrons. The van der Waals surface area contributed by atoms with Crippen LogP contribution >= 0.6 is 23.8 Å². The lowest BCUT2D eigenvalue weighted by Gasteiger charge is -2.28. The summed E-state index contributed by atoms with van der Waals surface area (Å²) in [5.41, 5.74) is 5.03. The SMILES string of the molecule is COCC(=O)Nc1ccc(N2C(=S)N[C@H](c3ccccn3)[C@@H]2c2cc(C)n(-c3cc([N+](=O)[O-])ccc3OC)c2C)cc1Cl. The van der Waals surface area contributed by atoms with Crippen LogP contribution in [0.25, 0.3) is 5.69 Å². The first-order chi connectivity index (χ1) is 20.6. The van der Waals surface area contributed by atoms with E-state index in [2.05, 4.69) is 15.6 Å². The van der Waals surface area contributed by atoms with Gasteiger partial charge in [0.15, 0.2) is 5.11 Å². The molecule has 2 aromatic heterocycles. The summed E-state index contributed by atoms with van der Waals surface area (Å²) in [6, 6.07) is 16.8. The summed E-state index contributed by atoms with van der Waals surface area (Å²) in [6.45, 7) is 3.79. The van der Waals surface area contributed by atoms with Gasteiger partial charge in [0, 0.05) is 42.5 Å². The number of nitro benzene ring substituents is 1. The number of carbonyl (C=O) groups is 1. The first kappa shape index (κ1) is 30.0. The lowest BCUT2D eigenvalue weighted by Crippen LogP contribution is -2.29. The number of pyridine rings is 1. The third-order valence-corrected chi connectivity index (χ3v) is 7.91. The predicted molar refractivity (Wildman–Crippen MR) is 168 cm³/mol. The molecule has 2 aromatic carbocycles. The van der Waals surface area contributed by atoms with Gasteiger partial charge in [-0.2, -0.15) is 0 Å². The van der Waals surface area contributed by atoms with Crippen molar-refractivity contribution in [2.75, 3.05) is 31.0 Å². The molecule has 11 nitrogen and oxygen atoms in total. The van der Waals surface area contributed by atoms with Crippen LogP contribution in [0.15, 0.2) is 66.9 Å². The standard InChI is InChI=1S/C30H29ClN6O5S/c1-17-13-21(18(2)35(17)25-15-20(37(39)40)9-11-26(25)42-4)29-28(24-7-5-6-12-32-24)34-30(43)36(29)19-8-10-23(22(31)14-19)33-27(38)16-41-3/h5-15,28-29H,16H2,1-4H3,(H,33,38)(H,34,43)/t28-,29+/m1/s1. The molecule has 0 saturated carbocycles. The number of rotatable bonds is 9. The van der Waals surface area contributed by atoms with Crippen LogP contribution in [0, 0.1) is 24.0 Å². The number of aromatic nitrogens is 2. The summed E-state index contributed by atoms with van der Waals surface area (Å²) in [4.78, 5) is 29.9. The lowest BCUT2D eigenvalue weighted by atomic mass is 9.96. The Balaban J connectivity index is 1.65. The van der Waals surface area contributed by atoms with E-state index in [0.29, 0.717) is 32.9 Å². The van der Waals surface area contributed by atoms with Gasteiger partial charge in [0.2, 0.25) is 5.91 Å². The fourth-order valence-corrected chi connectivity index (χ4v) is 6.01. The molecular weight excluding hydrogens is 592 g/mol. The van der Waals surface area contributed by atoms with Gasteiger partial charge in [0.05, 0.1) is 46.2 Å². The van der Waals surface area contributed by atoms with Gasteiger partial charge >= 0.3 is 0 Å². The first-order valence-corrected chi connectivity index (χ1v) is 14.0. The summed E-state index contributed by atoms with van der Waals surface area (Å²) in [5.74, 6) is 0.169. The molecule has 1 amide bonds. The largest absolute Gasteiger partial charge is 0.495 e. The highest BCUT2D eigenvalue weighted by atomic mass is 35.5. The average molecular weight is 621 g/mol. The number of hydrogen-bond acceptors (Lipinski definition) is 7. The van der Waals surface area contributed by atoms with Gasteiger partial charge in [-0.3, -0.25) is 19.9 Å². The topological polar surface area (TPSA) is 124 Å². The normalized spacial score (nSPS) is 16.2. The first-order valence-electron chi connectivity index (χ1n) is 13.2. The molecule has 4 aromatic rings. The van der Waals surface area contributed by atoms with Crippen LogP contribution in [0.2, 0.25) is 5.02 Å². The van der Waals surface area contributed by atoms with Crippen molar-refractivity contribution in [1.29, 1.82) is 0 Å². The van der Waals surface area contributed by atoms with Crippen molar-refractivity contribution in [2.45, 2.75) is 25.9 Å². The Labute approximate surface area is 258 Å². The minimum Gasteiger partial charge on any atom is -0.495 e. The number of nitrogens with one attached hydrogen (secondary N) is 2. The summed E-state index contributed by atoms with van der Waals surface area (Å²) in [5, 5.41) is 18.6. The minimum absolute atomic E-state index is 0.0473. The number of carbonyl (C=O) groups excluding carboxylic acids is 1. The average Bonchev–Trinajstić information content (AvgIpc) is 3.48. The monoisotopic (exact) mass is 620 g/mol. The van der Waals surface area contributed by atoms with Crippen LogP contribution in [-0.2, 0) is 9.53 Å². The Morgan fingerprint density at radius 1 is 1.16 bits per heavy atom. The highest BCUT2D eigenvalue weighted by Crippen LogP contribution is 2.45. The van der Waals surface area contributed by atoms with E-state index in [1.165, 1.54) is 26.4 Å². The highest BCUT2D eigenvalue weighted by Gasteiger charge is 2.42. The number of halogens is 1. The number of benzene rings is 2. The molecule has 1 fully saturated rings. The quantitative estimate of drug-likeness (QED) is 0.135. The fraction of sp³-hybridized carbons (Fsp3) is 0.233. The van der Waals surface area contributed by atoms with Gasteiger partial charge in [-0.1, -0.05) is 17.7 Å². The number of non-ortho nitro benzene ring substituents is 1. The smallest absolute Gasteiger partial charge is 0.271 e. The number of thiocarbonyl (C=S) groups is 1. The Hall–Kier alpha value is -4.52. The summed E-state index contributed by atoms with van der Waals surface area (Å²) >= 11 is 12.5. The van der Waals surface area contributed by atoms with E-state index in [-0.39, 0.29) is 30.3 Å². The second-order valence-electron chi connectivity index (χ2n) is 9.92. The number of hydrogen-bond donors (Lipinski definition) is 2. The molecule has 1 aliphatic heterocycles. The molecule has 1 saturated heterocycles. The molecule has 1 aliphatic rings. The number of nitrogens with zero attached hydrogens (tertiary/aromatic N) is 4. The van der Waals surface area contributed by atoms with E-state index in [9.17, 15) is 14.9 Å². The summed E-state index contributed by atoms with van der Waals surface area (Å²) in [6.07, 6.45) is 1.73. The van der Waals surface area contributed by atoms with Crippen molar-refractivity contribution in [3.63, 3.8) is 0 Å². The van der Waals surface area contributed by atoms with E-state index in [4.69, 9.17) is 33.3 Å².